The van der Waals surface area contributed by atoms with E-state index in [1.165, 1.54) is 29.3 Å². The Hall–Kier alpha value is -1.96. The maximum Gasteiger partial charge on any atom is 0.230 e. The number of nitrogens with one attached hydrogen (secondary N) is 1. The number of carbonyl (C=O) groups excluding carboxylic acids is 1. The first-order valence-electron chi connectivity index (χ1n) is 7.78. The standard InChI is InChI=1S/C15H23N5O2S/c1-3-4-5-7-11(2)17-13(21)10-23-15-19-18-14(20(15)16)12-8-6-9-22-12/h6,8-9,11H,3-5,7,10,16H2,1-2H3,(H,17,21)/t11-/m0/s1. The van der Waals surface area contributed by atoms with Crippen LogP contribution in [0.4, 0.5) is 0 Å². The minimum atomic E-state index is -0.0263. The third kappa shape index (κ3) is 5.02. The van der Waals surface area contributed by atoms with Gasteiger partial charge < -0.3 is 15.6 Å². The highest BCUT2D eigenvalue weighted by Gasteiger charge is 2.16. The molecule has 23 heavy (non-hydrogen) atoms. The predicted octanol–water partition coefficient (Wildman–Crippen LogP) is 2.43. The molecule has 0 radical (unpaired) electrons. The number of thioether (sulfide) groups is 1. The Kier molecular flexibility index (Phi) is 6.52. The molecule has 2 aromatic heterocycles. The highest BCUT2D eigenvalue weighted by Crippen LogP contribution is 2.21. The van der Waals surface area contributed by atoms with E-state index < -0.39 is 0 Å². The zero-order valence-electron chi connectivity index (χ0n) is 13.5. The van der Waals surface area contributed by atoms with Gasteiger partial charge in [0.05, 0.1) is 12.0 Å². The number of rotatable bonds is 9. The van der Waals surface area contributed by atoms with Crippen LogP contribution in [0.25, 0.3) is 11.6 Å². The summed E-state index contributed by atoms with van der Waals surface area (Å²) >= 11 is 1.25. The normalized spacial score (nSPS) is 12.3. The molecule has 0 saturated heterocycles. The van der Waals surface area contributed by atoms with Crippen molar-refractivity contribution in [3.8, 4) is 11.6 Å². The summed E-state index contributed by atoms with van der Waals surface area (Å²) in [5, 5.41) is 11.4. The van der Waals surface area contributed by atoms with E-state index >= 15 is 0 Å². The summed E-state index contributed by atoms with van der Waals surface area (Å²) in [6.07, 6.45) is 6.06. The fraction of sp³-hybridized carbons (Fsp3) is 0.533. The molecule has 0 fully saturated rings. The Morgan fingerprint density at radius 2 is 2.30 bits per heavy atom. The average Bonchev–Trinajstić information content (AvgIpc) is 3.15. The number of furan rings is 1. The highest BCUT2D eigenvalue weighted by atomic mass is 32.2. The van der Waals surface area contributed by atoms with Gasteiger partial charge in [0.15, 0.2) is 5.76 Å². The number of nitrogens with two attached hydrogens (primary N) is 1. The monoisotopic (exact) mass is 337 g/mol. The fourth-order valence-electron chi connectivity index (χ4n) is 2.17. The van der Waals surface area contributed by atoms with Crippen LogP contribution in [-0.2, 0) is 4.79 Å². The molecule has 0 bridgehead atoms. The lowest BCUT2D eigenvalue weighted by Crippen LogP contribution is -2.33. The molecule has 0 spiro atoms. The number of hydrogen-bond acceptors (Lipinski definition) is 6. The minimum absolute atomic E-state index is 0.0263. The van der Waals surface area contributed by atoms with Crippen molar-refractivity contribution in [2.24, 2.45) is 0 Å². The van der Waals surface area contributed by atoms with E-state index in [2.05, 4.69) is 22.4 Å². The third-order valence-corrected chi connectivity index (χ3v) is 4.33. The number of carbonyl (C=O) groups is 1. The maximum absolute atomic E-state index is 12.0. The number of hydrogen-bond donors (Lipinski definition) is 2. The van der Waals surface area contributed by atoms with Crippen molar-refractivity contribution in [3.63, 3.8) is 0 Å². The van der Waals surface area contributed by atoms with E-state index in [1.54, 1.807) is 18.4 Å². The Balaban J connectivity index is 1.81. The zero-order chi connectivity index (χ0) is 16.7. The zero-order valence-corrected chi connectivity index (χ0v) is 14.3. The van der Waals surface area contributed by atoms with Crippen molar-refractivity contribution >= 4 is 17.7 Å². The smallest absolute Gasteiger partial charge is 0.230 e. The summed E-state index contributed by atoms with van der Waals surface area (Å²) in [7, 11) is 0. The Morgan fingerprint density at radius 3 is 3.00 bits per heavy atom. The van der Waals surface area contributed by atoms with Gasteiger partial charge in [0.25, 0.3) is 0 Å². The summed E-state index contributed by atoms with van der Waals surface area (Å²) in [5.41, 5.74) is 0. The number of nitrogen functional groups attached to an aromatic ring is 1. The molecule has 0 aromatic carbocycles. The quantitative estimate of drug-likeness (QED) is 0.414. The van der Waals surface area contributed by atoms with Crippen LogP contribution in [0.3, 0.4) is 0 Å². The fourth-order valence-corrected chi connectivity index (χ4v) is 2.84. The van der Waals surface area contributed by atoms with E-state index in [0.717, 1.165) is 12.8 Å². The summed E-state index contributed by atoms with van der Waals surface area (Å²) < 4.78 is 6.58. The van der Waals surface area contributed by atoms with Crippen LogP contribution in [-0.4, -0.2) is 32.6 Å². The van der Waals surface area contributed by atoms with Gasteiger partial charge in [0, 0.05) is 6.04 Å². The van der Waals surface area contributed by atoms with Gasteiger partial charge in [0.1, 0.15) is 0 Å². The largest absolute Gasteiger partial charge is 0.461 e. The SMILES string of the molecule is CCCCC[C@H](C)NC(=O)CSc1nnc(-c2ccco2)n1N. The van der Waals surface area contributed by atoms with Gasteiger partial charge in [-0.05, 0) is 25.5 Å². The van der Waals surface area contributed by atoms with Crippen LogP contribution in [0.5, 0.6) is 0 Å². The minimum Gasteiger partial charge on any atom is -0.461 e. The van der Waals surface area contributed by atoms with Gasteiger partial charge >= 0.3 is 0 Å². The predicted molar refractivity (Wildman–Crippen MR) is 90.3 cm³/mol. The van der Waals surface area contributed by atoms with Crippen LogP contribution in [0.15, 0.2) is 28.0 Å². The van der Waals surface area contributed by atoms with Crippen LogP contribution >= 0.6 is 11.8 Å². The number of unbranched alkanes of at least 4 members (excludes halogenated alkanes) is 2. The Bertz CT molecular complexity index is 611. The second-order valence-corrected chi connectivity index (χ2v) is 6.35. The Morgan fingerprint density at radius 1 is 1.48 bits per heavy atom. The molecular weight excluding hydrogens is 314 g/mol. The van der Waals surface area contributed by atoms with E-state index in [9.17, 15) is 4.79 Å². The molecule has 126 valence electrons. The molecule has 0 saturated carbocycles. The van der Waals surface area contributed by atoms with Gasteiger partial charge in [-0.25, -0.2) is 4.68 Å². The van der Waals surface area contributed by atoms with Gasteiger partial charge in [-0.15, -0.1) is 10.2 Å². The third-order valence-electron chi connectivity index (χ3n) is 3.39. The molecule has 0 aliphatic heterocycles. The second kappa shape index (κ2) is 8.61. The molecule has 1 amide bonds. The van der Waals surface area contributed by atoms with Gasteiger partial charge in [-0.3, -0.25) is 4.79 Å². The lowest BCUT2D eigenvalue weighted by molar-refractivity contribution is -0.119. The molecular formula is C15H23N5O2S. The van der Waals surface area contributed by atoms with Gasteiger partial charge in [-0.2, -0.15) is 0 Å². The molecule has 7 nitrogen and oxygen atoms in total. The number of aromatic nitrogens is 3. The highest BCUT2D eigenvalue weighted by molar-refractivity contribution is 7.99. The molecule has 0 aliphatic carbocycles. The topological polar surface area (TPSA) is 99.0 Å². The van der Waals surface area contributed by atoms with Crippen LogP contribution in [0.1, 0.15) is 39.5 Å². The van der Waals surface area contributed by atoms with Crippen LogP contribution in [0, 0.1) is 0 Å². The number of amides is 1. The molecule has 0 aliphatic rings. The lowest BCUT2D eigenvalue weighted by atomic mass is 10.1. The first-order chi connectivity index (χ1) is 11.1. The number of nitrogens with zero attached hydrogens (tertiary/aromatic N) is 3. The summed E-state index contributed by atoms with van der Waals surface area (Å²) in [6, 6.07) is 3.69. The molecule has 0 unspecified atom stereocenters. The van der Waals surface area contributed by atoms with E-state index in [4.69, 9.17) is 10.3 Å². The summed E-state index contributed by atoms with van der Waals surface area (Å²) in [4.78, 5) is 12.0. The van der Waals surface area contributed by atoms with E-state index in [-0.39, 0.29) is 17.7 Å². The van der Waals surface area contributed by atoms with Crippen molar-refractivity contribution in [3.05, 3.63) is 18.4 Å². The molecule has 8 heteroatoms. The molecule has 3 N–H and O–H groups in total. The summed E-state index contributed by atoms with van der Waals surface area (Å²) in [5.74, 6) is 7.15. The van der Waals surface area contributed by atoms with Crippen molar-refractivity contribution in [1.29, 1.82) is 0 Å². The van der Waals surface area contributed by atoms with Crippen LogP contribution < -0.4 is 11.2 Å². The average molecular weight is 337 g/mol. The van der Waals surface area contributed by atoms with Crippen LogP contribution in [0.2, 0.25) is 0 Å². The first-order valence-corrected chi connectivity index (χ1v) is 8.77. The lowest BCUT2D eigenvalue weighted by Gasteiger charge is -2.13. The second-order valence-electron chi connectivity index (χ2n) is 5.41. The van der Waals surface area contributed by atoms with Crippen molar-refractivity contribution < 1.29 is 9.21 Å². The van der Waals surface area contributed by atoms with E-state index in [1.807, 2.05) is 6.92 Å². The van der Waals surface area contributed by atoms with Gasteiger partial charge in [-0.1, -0.05) is 37.9 Å². The van der Waals surface area contributed by atoms with Crippen molar-refractivity contribution in [1.82, 2.24) is 20.2 Å². The van der Waals surface area contributed by atoms with E-state index in [0.29, 0.717) is 16.7 Å². The molecule has 1 atom stereocenters. The molecule has 2 heterocycles. The van der Waals surface area contributed by atoms with Crippen molar-refractivity contribution in [2.75, 3.05) is 11.6 Å². The Labute approximate surface area is 140 Å². The molecule has 2 aromatic rings. The summed E-state index contributed by atoms with van der Waals surface area (Å²) in [6.45, 7) is 4.19. The van der Waals surface area contributed by atoms with Gasteiger partial charge in [0.2, 0.25) is 16.9 Å². The van der Waals surface area contributed by atoms with Crippen molar-refractivity contribution in [2.45, 2.75) is 50.7 Å². The maximum atomic E-state index is 12.0. The molecule has 2 rings (SSSR count). The first kappa shape index (κ1) is 17.4.